The minimum Gasteiger partial charge on any atom is -0.379 e. The van der Waals surface area contributed by atoms with E-state index in [-0.39, 0.29) is 34.4 Å². The Morgan fingerprint density at radius 2 is 1.95 bits per heavy atom. The van der Waals surface area contributed by atoms with Gasteiger partial charge < -0.3 is 21.6 Å². The molecule has 0 saturated heterocycles. The second-order valence-corrected chi connectivity index (χ2v) is 11.7. The normalized spacial score (nSPS) is 12.1. The molecular weight excluding hydrogens is 568 g/mol. The third kappa shape index (κ3) is 7.07. The van der Waals surface area contributed by atoms with Gasteiger partial charge in [-0.15, -0.1) is 11.3 Å². The third-order valence-electron chi connectivity index (χ3n) is 6.24. The van der Waals surface area contributed by atoms with E-state index in [0.717, 1.165) is 27.9 Å². The molecule has 0 saturated carbocycles. The molecule has 4 aromatic rings. The number of fused-ring (bicyclic) bond motifs is 1. The number of carbonyl (C=O) groups is 2. The molecule has 1 atom stereocenters. The Balaban J connectivity index is 1.44. The van der Waals surface area contributed by atoms with E-state index in [1.807, 2.05) is 36.8 Å². The van der Waals surface area contributed by atoms with Crippen molar-refractivity contribution in [3.63, 3.8) is 0 Å². The number of guanidine groups is 1. The van der Waals surface area contributed by atoms with E-state index in [0.29, 0.717) is 18.7 Å². The van der Waals surface area contributed by atoms with Gasteiger partial charge in [-0.05, 0) is 48.6 Å². The van der Waals surface area contributed by atoms with Crippen LogP contribution in [0, 0.1) is 5.41 Å². The lowest BCUT2D eigenvalue weighted by Gasteiger charge is -2.14. The number of benzene rings is 2. The highest BCUT2D eigenvalue weighted by Crippen LogP contribution is 2.28. The van der Waals surface area contributed by atoms with Gasteiger partial charge in [0.1, 0.15) is 4.88 Å². The number of hydroxylamine groups is 1. The molecule has 13 nitrogen and oxygen atoms in total. The van der Waals surface area contributed by atoms with Gasteiger partial charge in [-0.25, -0.2) is 8.42 Å². The van der Waals surface area contributed by atoms with E-state index >= 15 is 0 Å². The first kappa shape index (κ1) is 29.7. The summed E-state index contributed by atoms with van der Waals surface area (Å²) in [6.45, 7) is 0.639. The molecule has 0 unspecified atom stereocenters. The Morgan fingerprint density at radius 1 is 1.17 bits per heavy atom. The molecule has 15 heteroatoms. The smallest absolute Gasteiger partial charge is 0.262 e. The maximum absolute atomic E-state index is 13.2. The van der Waals surface area contributed by atoms with E-state index in [2.05, 4.69) is 20.5 Å². The molecule has 8 N–H and O–H groups in total. The Labute approximate surface area is 240 Å². The largest absolute Gasteiger partial charge is 0.379 e. The number of carbonyl (C=O) groups excluding carboxylic acids is 2. The average Bonchev–Trinajstić information content (AvgIpc) is 3.54. The highest BCUT2D eigenvalue weighted by molar-refractivity contribution is 7.92. The van der Waals surface area contributed by atoms with Gasteiger partial charge in [-0.2, -0.15) is 10.6 Å². The summed E-state index contributed by atoms with van der Waals surface area (Å²) in [5.74, 6) is -2.10. The Kier molecular flexibility index (Phi) is 9.34. The van der Waals surface area contributed by atoms with Gasteiger partial charge >= 0.3 is 0 Å². The van der Waals surface area contributed by atoms with Crippen molar-refractivity contribution in [2.75, 3.05) is 16.6 Å². The zero-order valence-corrected chi connectivity index (χ0v) is 23.7. The predicted molar refractivity (Wildman–Crippen MR) is 157 cm³/mol. The fraction of sp³-hybridized carbons (Fsp3) is 0.231. The van der Waals surface area contributed by atoms with E-state index in [4.69, 9.17) is 11.1 Å². The van der Waals surface area contributed by atoms with Crippen molar-refractivity contribution in [3.8, 4) is 0 Å². The number of para-hydroxylation sites is 1. The molecular formula is C26H30N8O5S2. The molecule has 2 aromatic carbocycles. The van der Waals surface area contributed by atoms with Gasteiger partial charge in [0.05, 0.1) is 34.4 Å². The maximum Gasteiger partial charge on any atom is 0.262 e. The van der Waals surface area contributed by atoms with Gasteiger partial charge in [0.15, 0.2) is 5.96 Å². The Bertz CT molecular complexity index is 1680. The lowest BCUT2D eigenvalue weighted by Crippen LogP contribution is -2.40. The van der Waals surface area contributed by atoms with Crippen molar-refractivity contribution in [1.82, 2.24) is 20.6 Å². The number of aryl methyl sites for hydroxylation is 1. The van der Waals surface area contributed by atoms with Crippen LogP contribution in [-0.2, 0) is 28.4 Å². The highest BCUT2D eigenvalue weighted by atomic mass is 32.2. The molecule has 2 aromatic heterocycles. The lowest BCUT2D eigenvalue weighted by molar-refractivity contribution is -0.119. The number of nitrogens with zero attached hydrogens (tertiary/aromatic N) is 2. The summed E-state index contributed by atoms with van der Waals surface area (Å²) in [6, 6.07) is 14.2. The van der Waals surface area contributed by atoms with Crippen LogP contribution in [0.5, 0.6) is 0 Å². The number of aromatic nitrogens is 2. The van der Waals surface area contributed by atoms with Crippen LogP contribution in [0.4, 0.5) is 11.4 Å². The molecule has 0 fully saturated rings. The Morgan fingerprint density at radius 3 is 2.71 bits per heavy atom. The van der Waals surface area contributed by atoms with E-state index in [1.54, 1.807) is 16.8 Å². The van der Waals surface area contributed by atoms with Gasteiger partial charge in [-0.3, -0.25) is 24.4 Å². The quantitative estimate of drug-likeness (QED) is 0.0282. The molecule has 0 bridgehead atoms. The van der Waals surface area contributed by atoms with Crippen LogP contribution >= 0.6 is 11.3 Å². The van der Waals surface area contributed by atoms with Crippen molar-refractivity contribution in [2.45, 2.75) is 30.3 Å². The van der Waals surface area contributed by atoms with Crippen molar-refractivity contribution >= 4 is 61.2 Å². The summed E-state index contributed by atoms with van der Waals surface area (Å²) in [4.78, 5) is 25.6. The minimum absolute atomic E-state index is 0.0402. The number of thiophene rings is 1. The lowest BCUT2D eigenvalue weighted by atomic mass is 10.0. The fourth-order valence-corrected chi connectivity index (χ4v) is 6.18. The summed E-state index contributed by atoms with van der Waals surface area (Å²) < 4.78 is 30.7. The van der Waals surface area contributed by atoms with Crippen LogP contribution in [0.25, 0.3) is 10.9 Å². The number of nitrogens with two attached hydrogens (primary N) is 1. The zero-order chi connectivity index (χ0) is 29.6. The van der Waals surface area contributed by atoms with Crippen molar-refractivity contribution in [3.05, 3.63) is 70.5 Å². The number of nitrogens with one attached hydrogen (secondary N) is 5. The molecule has 41 heavy (non-hydrogen) atoms. The molecule has 0 spiro atoms. The molecule has 0 amide bonds. The van der Waals surface area contributed by atoms with Crippen LogP contribution in [0.2, 0.25) is 0 Å². The minimum atomic E-state index is -4.12. The molecule has 0 aliphatic heterocycles. The van der Waals surface area contributed by atoms with Gasteiger partial charge in [-0.1, -0.05) is 24.3 Å². The van der Waals surface area contributed by atoms with Gasteiger partial charge in [0.25, 0.3) is 10.0 Å². The van der Waals surface area contributed by atoms with Crippen molar-refractivity contribution in [1.29, 1.82) is 5.41 Å². The molecule has 4 rings (SSSR count). The number of Topliss-reactive ketones (excluding diaryl/α,β-unsaturated/α-hetero) is 2. The number of ketones is 2. The van der Waals surface area contributed by atoms with E-state index < -0.39 is 27.6 Å². The molecule has 0 aliphatic carbocycles. The van der Waals surface area contributed by atoms with E-state index in [9.17, 15) is 23.2 Å². The predicted octanol–water partition coefficient (Wildman–Crippen LogP) is 2.41. The SMILES string of the molecule is Cn1nc(CNc2cccc(S(=O)(=O)Nc3ccsc3C(=O)C(=O)[C@H](CCCNC(=N)N)NO)c2)c2ccccc21. The summed E-state index contributed by atoms with van der Waals surface area (Å²) in [6.07, 6.45) is 0.420. The average molecular weight is 599 g/mol. The van der Waals surface area contributed by atoms with Crippen LogP contribution in [0.15, 0.2) is 64.9 Å². The second-order valence-electron chi connectivity index (χ2n) is 9.10. The van der Waals surface area contributed by atoms with Crippen LogP contribution in [-0.4, -0.2) is 53.5 Å². The summed E-state index contributed by atoms with van der Waals surface area (Å²) in [5, 5.41) is 29.4. The Hall–Kier alpha value is -4.31. The van der Waals surface area contributed by atoms with Crippen LogP contribution in [0.1, 0.15) is 28.2 Å². The zero-order valence-electron chi connectivity index (χ0n) is 22.0. The molecule has 0 aliphatic rings. The standard InChI is InChI=1S/C26H30N8O5S2/c1-34-22-10-3-2-8-18(22)21(31-34)15-30-16-6-4-7-17(14-16)41(38,39)33-20-11-13-40-25(20)24(36)23(35)19(32-37)9-5-12-29-26(27)28/h2-4,6-8,10-11,13-14,19,30,32-33,37H,5,9,12,15H2,1H3,(H4,27,28,29)/t19-/m0/s1. The van der Waals surface area contributed by atoms with E-state index in [1.165, 1.54) is 23.6 Å². The second kappa shape index (κ2) is 12.9. The molecule has 216 valence electrons. The summed E-state index contributed by atoms with van der Waals surface area (Å²) in [5.41, 5.74) is 9.36. The number of hydrogen-bond acceptors (Lipinski definition) is 10. The molecule has 2 heterocycles. The van der Waals surface area contributed by atoms with Crippen molar-refractivity contribution in [2.24, 2.45) is 12.8 Å². The third-order valence-corrected chi connectivity index (χ3v) is 8.51. The topological polar surface area (TPSA) is 204 Å². The van der Waals surface area contributed by atoms with Crippen LogP contribution in [0.3, 0.4) is 0 Å². The van der Waals surface area contributed by atoms with Crippen LogP contribution < -0.4 is 26.6 Å². The first-order valence-electron chi connectivity index (χ1n) is 12.5. The monoisotopic (exact) mass is 598 g/mol. The first-order valence-corrected chi connectivity index (χ1v) is 14.9. The number of sulfonamides is 1. The molecule has 0 radical (unpaired) electrons. The van der Waals surface area contributed by atoms with Gasteiger partial charge in [0, 0.05) is 24.7 Å². The van der Waals surface area contributed by atoms with Gasteiger partial charge in [0.2, 0.25) is 11.6 Å². The highest BCUT2D eigenvalue weighted by Gasteiger charge is 2.29. The maximum atomic E-state index is 13.2. The van der Waals surface area contributed by atoms with Crippen molar-refractivity contribution < 1.29 is 23.2 Å². The first-order chi connectivity index (χ1) is 19.6. The number of rotatable bonds is 14. The number of anilines is 2. The summed E-state index contributed by atoms with van der Waals surface area (Å²) >= 11 is 0.909. The fourth-order valence-electron chi connectivity index (χ4n) is 4.20. The summed E-state index contributed by atoms with van der Waals surface area (Å²) in [7, 11) is -2.27. The number of hydrogen-bond donors (Lipinski definition) is 7.